The first-order chi connectivity index (χ1) is 8.72. The molecule has 3 heterocycles. The highest BCUT2D eigenvalue weighted by Gasteiger charge is 2.23. The molecule has 6 nitrogen and oxygen atoms in total. The molecular weight excluding hydrogens is 228 g/mol. The van der Waals surface area contributed by atoms with Gasteiger partial charge in [-0.15, -0.1) is 0 Å². The van der Waals surface area contributed by atoms with Crippen molar-refractivity contribution in [3.8, 4) is 0 Å². The second-order valence-corrected chi connectivity index (χ2v) is 4.66. The number of anilines is 1. The van der Waals surface area contributed by atoms with Gasteiger partial charge in [0.25, 0.3) is 0 Å². The zero-order valence-electron chi connectivity index (χ0n) is 10.6. The topological polar surface area (TPSA) is 68.5 Å². The first-order valence-electron chi connectivity index (χ1n) is 6.19. The Kier molecular flexibility index (Phi) is 2.70. The Labute approximate surface area is 105 Å². The van der Waals surface area contributed by atoms with Crippen LogP contribution >= 0.6 is 0 Å². The first-order valence-corrected chi connectivity index (χ1v) is 6.19. The number of hydrogen-bond donors (Lipinski definition) is 1. The van der Waals surface area contributed by atoms with Gasteiger partial charge in [0.05, 0.1) is 6.04 Å². The van der Waals surface area contributed by atoms with Crippen molar-refractivity contribution < 1.29 is 0 Å². The molecule has 2 aromatic rings. The van der Waals surface area contributed by atoms with Crippen molar-refractivity contribution in [2.45, 2.75) is 39.3 Å². The average Bonchev–Trinajstić information content (AvgIpc) is 2.73. The quantitative estimate of drug-likeness (QED) is 0.869. The molecule has 1 unspecified atom stereocenters. The van der Waals surface area contributed by atoms with Crippen molar-refractivity contribution in [2.24, 2.45) is 0 Å². The maximum atomic E-state index is 4.48. The van der Waals surface area contributed by atoms with E-state index in [-0.39, 0.29) is 6.04 Å². The second-order valence-electron chi connectivity index (χ2n) is 4.66. The Morgan fingerprint density at radius 1 is 1.28 bits per heavy atom. The van der Waals surface area contributed by atoms with Gasteiger partial charge in [-0.05, 0) is 32.3 Å². The molecule has 1 aliphatic heterocycles. The van der Waals surface area contributed by atoms with Crippen molar-refractivity contribution in [1.29, 1.82) is 0 Å². The summed E-state index contributed by atoms with van der Waals surface area (Å²) in [5.41, 5.74) is 1.06. The summed E-state index contributed by atoms with van der Waals surface area (Å²) >= 11 is 0. The van der Waals surface area contributed by atoms with Gasteiger partial charge in [0.15, 0.2) is 0 Å². The van der Waals surface area contributed by atoms with E-state index in [0.717, 1.165) is 36.6 Å². The lowest BCUT2D eigenvalue weighted by Crippen LogP contribution is -2.23. The van der Waals surface area contributed by atoms with Crippen molar-refractivity contribution in [3.05, 3.63) is 29.6 Å². The zero-order chi connectivity index (χ0) is 12.5. The highest BCUT2D eigenvalue weighted by molar-refractivity contribution is 5.28. The molecule has 0 spiro atoms. The first kappa shape index (κ1) is 11.1. The van der Waals surface area contributed by atoms with E-state index in [1.165, 1.54) is 0 Å². The van der Waals surface area contributed by atoms with Gasteiger partial charge < -0.3 is 5.32 Å². The molecule has 0 saturated heterocycles. The molecule has 0 amide bonds. The van der Waals surface area contributed by atoms with Crippen molar-refractivity contribution >= 4 is 5.95 Å². The van der Waals surface area contributed by atoms with Gasteiger partial charge >= 0.3 is 0 Å². The molecule has 18 heavy (non-hydrogen) atoms. The van der Waals surface area contributed by atoms with Gasteiger partial charge in [0.2, 0.25) is 5.95 Å². The predicted molar refractivity (Wildman–Crippen MR) is 67.1 cm³/mol. The minimum absolute atomic E-state index is 0.155. The van der Waals surface area contributed by atoms with Gasteiger partial charge in [-0.1, -0.05) is 0 Å². The Bertz CT molecular complexity index is 544. The third-order valence-corrected chi connectivity index (χ3v) is 3.06. The van der Waals surface area contributed by atoms with E-state index in [1.807, 2.05) is 30.9 Å². The number of nitrogens with zero attached hydrogens (tertiary/aromatic N) is 5. The highest BCUT2D eigenvalue weighted by Crippen LogP contribution is 2.25. The van der Waals surface area contributed by atoms with Crippen LogP contribution in [0.4, 0.5) is 5.95 Å². The van der Waals surface area contributed by atoms with Crippen LogP contribution in [-0.2, 0) is 6.54 Å². The number of aryl methyl sites for hydroxylation is 3. The fraction of sp³-hybridized carbons (Fsp3) is 0.500. The molecule has 1 N–H and O–H groups in total. The molecule has 94 valence electrons. The summed E-state index contributed by atoms with van der Waals surface area (Å²) in [7, 11) is 0. The van der Waals surface area contributed by atoms with Crippen LogP contribution in [0.1, 0.15) is 36.1 Å². The molecule has 1 aliphatic rings. The van der Waals surface area contributed by atoms with Crippen molar-refractivity contribution in [3.63, 3.8) is 0 Å². The van der Waals surface area contributed by atoms with Gasteiger partial charge in [-0.25, -0.2) is 19.6 Å². The summed E-state index contributed by atoms with van der Waals surface area (Å²) in [6.07, 6.45) is 5.76. The maximum Gasteiger partial charge on any atom is 0.223 e. The molecule has 0 fully saturated rings. The van der Waals surface area contributed by atoms with Gasteiger partial charge in [0.1, 0.15) is 11.6 Å². The second kappa shape index (κ2) is 4.36. The molecule has 0 aliphatic carbocycles. The summed E-state index contributed by atoms with van der Waals surface area (Å²) in [6, 6.07) is 0.155. The summed E-state index contributed by atoms with van der Waals surface area (Å²) in [4.78, 5) is 13.0. The van der Waals surface area contributed by atoms with Crippen LogP contribution in [0.25, 0.3) is 0 Å². The molecule has 1 atom stereocenters. The standard InChI is InChI=1S/C12H16N6/c1-8-6-13-12(14-7-8)16-10-4-3-5-18-11(10)15-9(2)17-18/h6-7,10H,3-5H2,1-2H3,(H,13,14,16). The highest BCUT2D eigenvalue weighted by atomic mass is 15.4. The van der Waals surface area contributed by atoms with Crippen LogP contribution in [0.15, 0.2) is 12.4 Å². The molecule has 0 saturated carbocycles. The lowest BCUT2D eigenvalue weighted by atomic mass is 10.1. The minimum atomic E-state index is 0.155. The van der Waals surface area contributed by atoms with E-state index < -0.39 is 0 Å². The largest absolute Gasteiger partial charge is 0.344 e. The van der Waals surface area contributed by atoms with Crippen LogP contribution in [-0.4, -0.2) is 24.7 Å². The molecule has 6 heteroatoms. The molecule has 0 radical (unpaired) electrons. The van der Waals surface area contributed by atoms with E-state index in [0.29, 0.717) is 5.95 Å². The molecule has 3 rings (SSSR count). The zero-order valence-corrected chi connectivity index (χ0v) is 10.6. The monoisotopic (exact) mass is 244 g/mol. The van der Waals surface area contributed by atoms with Crippen LogP contribution in [0.3, 0.4) is 0 Å². The van der Waals surface area contributed by atoms with Crippen molar-refractivity contribution in [1.82, 2.24) is 24.7 Å². The summed E-state index contributed by atoms with van der Waals surface area (Å²) < 4.78 is 1.98. The van der Waals surface area contributed by atoms with E-state index in [4.69, 9.17) is 0 Å². The lowest BCUT2D eigenvalue weighted by molar-refractivity contribution is 0.436. The fourth-order valence-electron chi connectivity index (χ4n) is 2.23. The smallest absolute Gasteiger partial charge is 0.223 e. The lowest BCUT2D eigenvalue weighted by Gasteiger charge is -2.22. The van der Waals surface area contributed by atoms with Gasteiger partial charge in [-0.3, -0.25) is 0 Å². The Balaban J connectivity index is 1.83. The van der Waals surface area contributed by atoms with E-state index >= 15 is 0 Å². The number of rotatable bonds is 2. The van der Waals surface area contributed by atoms with Crippen molar-refractivity contribution in [2.75, 3.05) is 5.32 Å². The molecular formula is C12H16N6. The summed E-state index contributed by atoms with van der Waals surface area (Å²) in [5.74, 6) is 2.46. The van der Waals surface area contributed by atoms with Crippen LogP contribution < -0.4 is 5.32 Å². The molecule has 0 aromatic carbocycles. The van der Waals surface area contributed by atoms with Crippen LogP contribution in [0.5, 0.6) is 0 Å². The number of hydrogen-bond acceptors (Lipinski definition) is 5. The van der Waals surface area contributed by atoms with Gasteiger partial charge in [-0.2, -0.15) is 5.10 Å². The SMILES string of the molecule is Cc1cnc(NC2CCCn3nc(C)nc32)nc1. The number of fused-ring (bicyclic) bond motifs is 1. The van der Waals surface area contributed by atoms with Crippen LogP contribution in [0.2, 0.25) is 0 Å². The minimum Gasteiger partial charge on any atom is -0.344 e. The fourth-order valence-corrected chi connectivity index (χ4v) is 2.23. The molecule has 2 aromatic heterocycles. The molecule has 0 bridgehead atoms. The van der Waals surface area contributed by atoms with Crippen LogP contribution in [0, 0.1) is 13.8 Å². The third kappa shape index (κ3) is 2.05. The summed E-state index contributed by atoms with van der Waals surface area (Å²) in [6.45, 7) is 4.85. The normalized spacial score (nSPS) is 18.4. The Hall–Kier alpha value is -1.98. The predicted octanol–water partition coefficient (Wildman–Crippen LogP) is 1.63. The van der Waals surface area contributed by atoms with E-state index in [2.05, 4.69) is 25.4 Å². The Morgan fingerprint density at radius 2 is 2.06 bits per heavy atom. The maximum absolute atomic E-state index is 4.48. The summed E-state index contributed by atoms with van der Waals surface area (Å²) in [5, 5.41) is 7.71. The van der Waals surface area contributed by atoms with E-state index in [1.54, 1.807) is 0 Å². The number of nitrogens with one attached hydrogen (secondary N) is 1. The Morgan fingerprint density at radius 3 is 2.83 bits per heavy atom. The van der Waals surface area contributed by atoms with Gasteiger partial charge in [0, 0.05) is 18.9 Å². The van der Waals surface area contributed by atoms with E-state index in [9.17, 15) is 0 Å². The third-order valence-electron chi connectivity index (χ3n) is 3.06. The number of aromatic nitrogens is 5. The average molecular weight is 244 g/mol.